The minimum atomic E-state index is 0.0653. The van der Waals surface area contributed by atoms with Crippen molar-refractivity contribution in [3.63, 3.8) is 0 Å². The van der Waals surface area contributed by atoms with Crippen LogP contribution in [0.1, 0.15) is 13.8 Å². The number of carbonyl (C=O) groups excluding carboxylic acids is 1. The van der Waals surface area contributed by atoms with Gasteiger partial charge in [-0.05, 0) is 24.1 Å². The molecule has 4 heteroatoms. The van der Waals surface area contributed by atoms with Crippen LogP contribution in [-0.4, -0.2) is 19.0 Å². The van der Waals surface area contributed by atoms with Crippen molar-refractivity contribution in [1.82, 2.24) is 0 Å². The Morgan fingerprint density at radius 3 is 2.94 bits per heavy atom. The highest BCUT2D eigenvalue weighted by atomic mass is 79.9. The highest BCUT2D eigenvalue weighted by Gasteiger charge is 2.22. The van der Waals surface area contributed by atoms with Gasteiger partial charge in [0.15, 0.2) is 0 Å². The first kappa shape index (κ1) is 11.5. The number of fused-ring (bicyclic) bond motifs is 1. The molecular formula is C12H15BrN2O. The number of halogens is 1. The standard InChI is InChI=1S/C12H15BrN2O/c1-8(2)6-15-7-12(16)14-10-4-3-9(13)5-11(10)15/h3-5,8H,6-7H2,1-2H3,(H,14,16). The summed E-state index contributed by atoms with van der Waals surface area (Å²) < 4.78 is 1.04. The van der Waals surface area contributed by atoms with Gasteiger partial charge in [0.05, 0.1) is 17.9 Å². The maximum absolute atomic E-state index is 11.5. The number of carbonyl (C=O) groups is 1. The van der Waals surface area contributed by atoms with Crippen LogP contribution in [0.4, 0.5) is 11.4 Å². The minimum Gasteiger partial charge on any atom is -0.360 e. The van der Waals surface area contributed by atoms with E-state index in [-0.39, 0.29) is 5.91 Å². The summed E-state index contributed by atoms with van der Waals surface area (Å²) in [6.45, 7) is 5.66. The third-order valence-electron chi connectivity index (χ3n) is 2.49. The van der Waals surface area contributed by atoms with Crippen LogP contribution in [0.2, 0.25) is 0 Å². The molecule has 0 bridgehead atoms. The van der Waals surface area contributed by atoms with E-state index in [0.29, 0.717) is 12.5 Å². The van der Waals surface area contributed by atoms with Gasteiger partial charge in [0.25, 0.3) is 0 Å². The van der Waals surface area contributed by atoms with Gasteiger partial charge in [-0.15, -0.1) is 0 Å². The second kappa shape index (κ2) is 4.45. The third-order valence-corrected chi connectivity index (χ3v) is 2.99. The van der Waals surface area contributed by atoms with Crippen LogP contribution in [0.25, 0.3) is 0 Å². The van der Waals surface area contributed by atoms with Crippen LogP contribution in [-0.2, 0) is 4.79 Å². The molecule has 1 aliphatic rings. The molecule has 1 heterocycles. The lowest BCUT2D eigenvalue weighted by Crippen LogP contribution is -2.40. The van der Waals surface area contributed by atoms with E-state index < -0.39 is 0 Å². The van der Waals surface area contributed by atoms with Gasteiger partial charge in [0.1, 0.15) is 0 Å². The van der Waals surface area contributed by atoms with Crippen LogP contribution in [0.3, 0.4) is 0 Å². The second-order valence-electron chi connectivity index (χ2n) is 4.48. The molecule has 1 aromatic rings. The lowest BCUT2D eigenvalue weighted by Gasteiger charge is -2.32. The molecule has 0 atom stereocenters. The number of benzene rings is 1. The van der Waals surface area contributed by atoms with Crippen molar-refractivity contribution in [3.8, 4) is 0 Å². The maximum atomic E-state index is 11.5. The monoisotopic (exact) mass is 282 g/mol. The Labute approximate surface area is 104 Å². The quantitative estimate of drug-likeness (QED) is 0.905. The lowest BCUT2D eigenvalue weighted by atomic mass is 10.1. The zero-order valence-electron chi connectivity index (χ0n) is 9.46. The number of nitrogens with one attached hydrogen (secondary N) is 1. The average Bonchev–Trinajstić information content (AvgIpc) is 2.18. The van der Waals surface area contributed by atoms with Gasteiger partial charge < -0.3 is 10.2 Å². The Balaban J connectivity index is 2.35. The van der Waals surface area contributed by atoms with E-state index in [1.165, 1.54) is 0 Å². The highest BCUT2D eigenvalue weighted by Crippen LogP contribution is 2.32. The van der Waals surface area contributed by atoms with Crippen LogP contribution in [0, 0.1) is 5.92 Å². The highest BCUT2D eigenvalue weighted by molar-refractivity contribution is 9.10. The predicted octanol–water partition coefficient (Wildman–Crippen LogP) is 2.86. The summed E-state index contributed by atoms with van der Waals surface area (Å²) >= 11 is 3.46. The normalized spacial score (nSPS) is 15.0. The molecule has 3 nitrogen and oxygen atoms in total. The Morgan fingerprint density at radius 2 is 2.25 bits per heavy atom. The van der Waals surface area contributed by atoms with E-state index >= 15 is 0 Å². The van der Waals surface area contributed by atoms with E-state index in [0.717, 1.165) is 22.4 Å². The number of anilines is 2. The number of nitrogens with zero attached hydrogens (tertiary/aromatic N) is 1. The smallest absolute Gasteiger partial charge is 0.243 e. The zero-order chi connectivity index (χ0) is 11.7. The fourth-order valence-corrected chi connectivity index (χ4v) is 2.27. The number of hydrogen-bond acceptors (Lipinski definition) is 2. The third kappa shape index (κ3) is 2.38. The van der Waals surface area contributed by atoms with Crippen LogP contribution in [0.5, 0.6) is 0 Å². The van der Waals surface area contributed by atoms with Crippen LogP contribution < -0.4 is 10.2 Å². The molecule has 1 amide bonds. The SMILES string of the molecule is CC(C)CN1CC(=O)Nc2ccc(Br)cc21. The first-order chi connectivity index (χ1) is 7.56. The summed E-state index contributed by atoms with van der Waals surface area (Å²) in [5.74, 6) is 0.605. The fraction of sp³-hybridized carbons (Fsp3) is 0.417. The van der Waals surface area contributed by atoms with Gasteiger partial charge in [-0.1, -0.05) is 29.8 Å². The summed E-state index contributed by atoms with van der Waals surface area (Å²) in [6, 6.07) is 5.93. The van der Waals surface area contributed by atoms with Crippen LogP contribution >= 0.6 is 15.9 Å². The number of amides is 1. The predicted molar refractivity (Wildman–Crippen MR) is 69.8 cm³/mol. The Morgan fingerprint density at radius 1 is 1.50 bits per heavy atom. The van der Waals surface area contributed by atoms with Crippen molar-refractivity contribution in [2.45, 2.75) is 13.8 Å². The van der Waals surface area contributed by atoms with Crippen molar-refractivity contribution in [3.05, 3.63) is 22.7 Å². The first-order valence-electron chi connectivity index (χ1n) is 5.40. The van der Waals surface area contributed by atoms with Gasteiger partial charge in [0, 0.05) is 11.0 Å². The number of hydrogen-bond donors (Lipinski definition) is 1. The number of rotatable bonds is 2. The summed E-state index contributed by atoms with van der Waals surface area (Å²) in [7, 11) is 0. The van der Waals surface area contributed by atoms with E-state index in [1.807, 2.05) is 12.1 Å². The zero-order valence-corrected chi connectivity index (χ0v) is 11.0. The Kier molecular flexibility index (Phi) is 3.19. The molecular weight excluding hydrogens is 268 g/mol. The lowest BCUT2D eigenvalue weighted by molar-refractivity contribution is -0.115. The van der Waals surface area contributed by atoms with E-state index in [1.54, 1.807) is 0 Å². The molecule has 1 N–H and O–H groups in total. The van der Waals surface area contributed by atoms with Gasteiger partial charge in [-0.3, -0.25) is 4.79 Å². The molecule has 0 fully saturated rings. The second-order valence-corrected chi connectivity index (χ2v) is 5.40. The van der Waals surface area contributed by atoms with Crippen LogP contribution in [0.15, 0.2) is 22.7 Å². The molecule has 0 radical (unpaired) electrons. The van der Waals surface area contributed by atoms with Gasteiger partial charge in [-0.25, -0.2) is 0 Å². The molecule has 86 valence electrons. The molecule has 1 aromatic carbocycles. The van der Waals surface area contributed by atoms with Crippen molar-refractivity contribution < 1.29 is 4.79 Å². The van der Waals surface area contributed by atoms with Crippen molar-refractivity contribution >= 4 is 33.2 Å². The van der Waals surface area contributed by atoms with E-state index in [2.05, 4.69) is 46.1 Å². The molecule has 16 heavy (non-hydrogen) atoms. The van der Waals surface area contributed by atoms with Gasteiger partial charge in [-0.2, -0.15) is 0 Å². The molecule has 0 spiro atoms. The van der Waals surface area contributed by atoms with Crippen molar-refractivity contribution in [2.24, 2.45) is 5.92 Å². The topological polar surface area (TPSA) is 32.3 Å². The van der Waals surface area contributed by atoms with E-state index in [4.69, 9.17) is 0 Å². The van der Waals surface area contributed by atoms with Gasteiger partial charge >= 0.3 is 0 Å². The summed E-state index contributed by atoms with van der Waals surface area (Å²) in [4.78, 5) is 13.7. The molecule has 0 unspecified atom stereocenters. The van der Waals surface area contributed by atoms with E-state index in [9.17, 15) is 4.79 Å². The molecule has 0 saturated heterocycles. The van der Waals surface area contributed by atoms with Crippen molar-refractivity contribution in [2.75, 3.05) is 23.3 Å². The molecule has 1 aliphatic heterocycles. The fourth-order valence-electron chi connectivity index (χ4n) is 1.92. The molecule has 0 saturated carbocycles. The largest absolute Gasteiger partial charge is 0.360 e. The summed E-state index contributed by atoms with van der Waals surface area (Å²) in [6.07, 6.45) is 0. The molecule has 0 aromatic heterocycles. The average molecular weight is 283 g/mol. The Hall–Kier alpha value is -1.03. The Bertz CT molecular complexity index is 417. The summed E-state index contributed by atoms with van der Waals surface area (Å²) in [5, 5.41) is 2.89. The molecule has 0 aliphatic carbocycles. The van der Waals surface area contributed by atoms with Crippen molar-refractivity contribution in [1.29, 1.82) is 0 Å². The first-order valence-corrected chi connectivity index (χ1v) is 6.20. The summed E-state index contributed by atoms with van der Waals surface area (Å²) in [5.41, 5.74) is 2.00. The molecule has 2 rings (SSSR count). The van der Waals surface area contributed by atoms with Gasteiger partial charge in [0.2, 0.25) is 5.91 Å². The minimum absolute atomic E-state index is 0.0653. The maximum Gasteiger partial charge on any atom is 0.243 e.